The van der Waals surface area contributed by atoms with E-state index in [1.54, 1.807) is 0 Å². The molecule has 0 aliphatic heterocycles. The van der Waals surface area contributed by atoms with Gasteiger partial charge >= 0.3 is 5.97 Å². The number of methoxy groups -OCH3 is 1. The highest BCUT2D eigenvalue weighted by Crippen LogP contribution is 2.34. The summed E-state index contributed by atoms with van der Waals surface area (Å²) in [6.07, 6.45) is 4.40. The fourth-order valence-corrected chi connectivity index (χ4v) is 1.26. The number of allylic oxidation sites excluding steroid dienone is 2. The maximum atomic E-state index is 11.2. The van der Waals surface area contributed by atoms with Crippen LogP contribution in [0.25, 0.3) is 0 Å². The fraction of sp³-hybridized carbons (Fsp3) is 0.444. The molecular formula is C9H12O2. The van der Waals surface area contributed by atoms with E-state index in [0.717, 1.165) is 5.57 Å². The van der Waals surface area contributed by atoms with E-state index < -0.39 is 5.41 Å². The summed E-state index contributed by atoms with van der Waals surface area (Å²) in [5.74, 6) is -0.188. The van der Waals surface area contributed by atoms with E-state index in [4.69, 9.17) is 0 Å². The van der Waals surface area contributed by atoms with Crippen molar-refractivity contribution in [3.05, 3.63) is 24.3 Å². The van der Waals surface area contributed by atoms with Crippen molar-refractivity contribution in [3.8, 4) is 0 Å². The lowest BCUT2D eigenvalue weighted by molar-refractivity contribution is -0.148. The number of hydrogen-bond donors (Lipinski definition) is 0. The summed E-state index contributed by atoms with van der Waals surface area (Å²) in [6, 6.07) is 0. The van der Waals surface area contributed by atoms with Gasteiger partial charge in [0.25, 0.3) is 0 Å². The Labute approximate surface area is 66.5 Å². The van der Waals surface area contributed by atoms with E-state index in [9.17, 15) is 4.79 Å². The maximum Gasteiger partial charge on any atom is 0.315 e. The van der Waals surface area contributed by atoms with Crippen LogP contribution < -0.4 is 0 Å². The first-order chi connectivity index (χ1) is 5.08. The summed E-state index contributed by atoms with van der Waals surface area (Å²) < 4.78 is 4.65. The van der Waals surface area contributed by atoms with Gasteiger partial charge in [0.15, 0.2) is 0 Å². The molecule has 11 heavy (non-hydrogen) atoms. The molecule has 60 valence electrons. The van der Waals surface area contributed by atoms with Crippen LogP contribution in [0.3, 0.4) is 0 Å². The molecule has 0 aromatic heterocycles. The van der Waals surface area contributed by atoms with Crippen LogP contribution in [0.1, 0.15) is 13.3 Å². The Morgan fingerprint density at radius 1 is 1.82 bits per heavy atom. The van der Waals surface area contributed by atoms with Crippen LogP contribution >= 0.6 is 0 Å². The van der Waals surface area contributed by atoms with Crippen molar-refractivity contribution < 1.29 is 9.53 Å². The third-order valence-electron chi connectivity index (χ3n) is 1.93. The van der Waals surface area contributed by atoms with Gasteiger partial charge in [-0.05, 0) is 13.3 Å². The standard InChI is InChI=1S/C9H12O2/c1-7-4-5-9(2,6-7)8(10)11-3/h4-5H,1,6H2,2-3H3. The van der Waals surface area contributed by atoms with Crippen LogP contribution in [-0.2, 0) is 9.53 Å². The van der Waals surface area contributed by atoms with Gasteiger partial charge in [-0.15, -0.1) is 0 Å². The minimum absolute atomic E-state index is 0.188. The molecule has 0 bridgehead atoms. The lowest BCUT2D eigenvalue weighted by atomic mass is 9.90. The molecule has 2 nitrogen and oxygen atoms in total. The van der Waals surface area contributed by atoms with E-state index in [0.29, 0.717) is 6.42 Å². The zero-order valence-electron chi connectivity index (χ0n) is 6.89. The van der Waals surface area contributed by atoms with E-state index in [1.807, 2.05) is 19.1 Å². The number of ether oxygens (including phenoxy) is 1. The molecule has 0 saturated carbocycles. The minimum atomic E-state index is -0.466. The topological polar surface area (TPSA) is 26.3 Å². The normalized spacial score (nSPS) is 29.1. The summed E-state index contributed by atoms with van der Waals surface area (Å²) in [7, 11) is 1.41. The van der Waals surface area contributed by atoms with Crippen molar-refractivity contribution in [3.63, 3.8) is 0 Å². The van der Waals surface area contributed by atoms with Crippen molar-refractivity contribution in [1.82, 2.24) is 0 Å². The highest BCUT2D eigenvalue weighted by molar-refractivity contribution is 5.80. The Kier molecular flexibility index (Phi) is 1.85. The van der Waals surface area contributed by atoms with Gasteiger partial charge in [0.2, 0.25) is 0 Å². The summed E-state index contributed by atoms with van der Waals surface area (Å²) in [5, 5.41) is 0. The average Bonchev–Trinajstić information content (AvgIpc) is 2.31. The van der Waals surface area contributed by atoms with E-state index in [-0.39, 0.29) is 5.97 Å². The largest absolute Gasteiger partial charge is 0.468 e. The highest BCUT2D eigenvalue weighted by Gasteiger charge is 2.34. The predicted molar refractivity (Wildman–Crippen MR) is 43.0 cm³/mol. The second-order valence-corrected chi connectivity index (χ2v) is 3.08. The molecule has 0 heterocycles. The zero-order valence-corrected chi connectivity index (χ0v) is 6.89. The molecule has 0 radical (unpaired) electrons. The summed E-state index contributed by atoms with van der Waals surface area (Å²) in [6.45, 7) is 5.63. The molecule has 1 atom stereocenters. The van der Waals surface area contributed by atoms with Crippen molar-refractivity contribution in [2.24, 2.45) is 5.41 Å². The third-order valence-corrected chi connectivity index (χ3v) is 1.93. The lowest BCUT2D eigenvalue weighted by Gasteiger charge is -2.17. The molecule has 2 heteroatoms. The van der Waals surface area contributed by atoms with Crippen LogP contribution in [0, 0.1) is 5.41 Å². The molecular weight excluding hydrogens is 140 g/mol. The quantitative estimate of drug-likeness (QED) is 0.534. The Balaban J connectivity index is 2.78. The molecule has 0 amide bonds. The number of hydrogen-bond acceptors (Lipinski definition) is 2. The predicted octanol–water partition coefficient (Wildman–Crippen LogP) is 1.68. The minimum Gasteiger partial charge on any atom is -0.468 e. The van der Waals surface area contributed by atoms with Gasteiger partial charge in [0.1, 0.15) is 0 Å². The summed E-state index contributed by atoms with van der Waals surface area (Å²) in [4.78, 5) is 11.2. The Morgan fingerprint density at radius 3 is 2.82 bits per heavy atom. The molecule has 1 rings (SSSR count). The van der Waals surface area contributed by atoms with Gasteiger partial charge in [0, 0.05) is 0 Å². The van der Waals surface area contributed by atoms with Gasteiger partial charge in [-0.2, -0.15) is 0 Å². The maximum absolute atomic E-state index is 11.2. The van der Waals surface area contributed by atoms with Crippen molar-refractivity contribution in [2.75, 3.05) is 7.11 Å². The lowest BCUT2D eigenvalue weighted by Crippen LogP contribution is -2.24. The number of carbonyl (C=O) groups excluding carboxylic acids is 1. The second-order valence-electron chi connectivity index (χ2n) is 3.08. The van der Waals surface area contributed by atoms with Crippen LogP contribution in [0.5, 0.6) is 0 Å². The van der Waals surface area contributed by atoms with E-state index >= 15 is 0 Å². The molecule has 0 spiro atoms. The molecule has 0 aromatic rings. The van der Waals surface area contributed by atoms with Gasteiger partial charge < -0.3 is 4.74 Å². The first kappa shape index (κ1) is 8.05. The monoisotopic (exact) mass is 152 g/mol. The highest BCUT2D eigenvalue weighted by atomic mass is 16.5. The molecule has 1 aliphatic carbocycles. The van der Waals surface area contributed by atoms with Gasteiger partial charge in [-0.25, -0.2) is 0 Å². The van der Waals surface area contributed by atoms with Crippen LogP contribution in [0.4, 0.5) is 0 Å². The van der Waals surface area contributed by atoms with E-state index in [1.165, 1.54) is 7.11 Å². The number of carbonyl (C=O) groups is 1. The number of esters is 1. The van der Waals surface area contributed by atoms with Crippen LogP contribution in [0.15, 0.2) is 24.3 Å². The molecule has 0 fully saturated rings. The first-order valence-electron chi connectivity index (χ1n) is 3.54. The smallest absolute Gasteiger partial charge is 0.315 e. The molecule has 0 saturated heterocycles. The van der Waals surface area contributed by atoms with Gasteiger partial charge in [-0.3, -0.25) is 4.79 Å². The SMILES string of the molecule is C=C1C=CC(C)(C(=O)OC)C1. The molecule has 1 aliphatic rings. The van der Waals surface area contributed by atoms with Gasteiger partial charge in [0.05, 0.1) is 12.5 Å². The molecule has 1 unspecified atom stereocenters. The number of rotatable bonds is 1. The van der Waals surface area contributed by atoms with Gasteiger partial charge in [-0.1, -0.05) is 24.3 Å². The van der Waals surface area contributed by atoms with Crippen molar-refractivity contribution in [2.45, 2.75) is 13.3 Å². The van der Waals surface area contributed by atoms with E-state index in [2.05, 4.69) is 11.3 Å². The third kappa shape index (κ3) is 1.34. The zero-order chi connectivity index (χ0) is 8.48. The Bertz CT molecular complexity index is 228. The average molecular weight is 152 g/mol. The van der Waals surface area contributed by atoms with Crippen LogP contribution in [0.2, 0.25) is 0 Å². The Morgan fingerprint density at radius 2 is 2.45 bits per heavy atom. The first-order valence-corrected chi connectivity index (χ1v) is 3.54. The summed E-state index contributed by atoms with van der Waals surface area (Å²) in [5.41, 5.74) is 0.518. The summed E-state index contributed by atoms with van der Waals surface area (Å²) >= 11 is 0. The Hall–Kier alpha value is -1.05. The fourth-order valence-electron chi connectivity index (χ4n) is 1.26. The molecule has 0 N–H and O–H groups in total. The second kappa shape index (κ2) is 2.53. The van der Waals surface area contributed by atoms with Crippen molar-refractivity contribution in [1.29, 1.82) is 0 Å². The van der Waals surface area contributed by atoms with Crippen LogP contribution in [-0.4, -0.2) is 13.1 Å². The van der Waals surface area contributed by atoms with Crippen molar-refractivity contribution >= 4 is 5.97 Å². The molecule has 0 aromatic carbocycles.